The number of Topliss-reactive ketones (excluding diaryl/α,β-unsaturated/α-hetero) is 3. The maximum absolute atomic E-state index is 11.1. The van der Waals surface area contributed by atoms with Crippen molar-refractivity contribution in [1.29, 1.82) is 0 Å². The molecule has 0 fully saturated rings. The maximum Gasteiger partial charge on any atom is 0.164 e. The van der Waals surface area contributed by atoms with Crippen LogP contribution >= 0.6 is 0 Å². The molecule has 5 nitrogen and oxygen atoms in total. The minimum Gasteiger partial charge on any atom is -0.393 e. The van der Waals surface area contributed by atoms with Crippen LogP contribution in [0.3, 0.4) is 0 Å². The van der Waals surface area contributed by atoms with Crippen molar-refractivity contribution in [3.05, 3.63) is 0 Å². The molecule has 0 aromatic carbocycles. The highest BCUT2D eigenvalue weighted by Gasteiger charge is 2.46. The van der Waals surface area contributed by atoms with Gasteiger partial charge < -0.3 is 10.2 Å². The maximum atomic E-state index is 11.1. The van der Waals surface area contributed by atoms with Crippen LogP contribution in [-0.4, -0.2) is 39.8 Å². The van der Waals surface area contributed by atoms with E-state index in [4.69, 9.17) is 5.11 Å². The van der Waals surface area contributed by atoms with E-state index in [2.05, 4.69) is 0 Å². The number of carbonyl (C=O) groups is 3. The summed E-state index contributed by atoms with van der Waals surface area (Å²) in [6.07, 6.45) is 0. The number of aliphatic hydroxyl groups excluding tert-OH is 1. The van der Waals surface area contributed by atoms with E-state index in [1.165, 1.54) is 0 Å². The van der Waals surface area contributed by atoms with E-state index in [1.807, 2.05) is 0 Å². The van der Waals surface area contributed by atoms with Crippen molar-refractivity contribution >= 4 is 17.3 Å². The Balaban J connectivity index is 5.25. The molecule has 0 saturated heterocycles. The van der Waals surface area contributed by atoms with Gasteiger partial charge in [0.05, 0.1) is 6.61 Å². The molecule has 0 bridgehead atoms. The van der Waals surface area contributed by atoms with Crippen LogP contribution in [0.4, 0.5) is 0 Å². The third-order valence-electron chi connectivity index (χ3n) is 2.14. The van der Waals surface area contributed by atoms with Crippen molar-refractivity contribution in [1.82, 2.24) is 0 Å². The zero-order valence-electron chi connectivity index (χ0n) is 8.40. The molecule has 0 aliphatic carbocycles. The molecular weight excluding hydrogens is 188 g/mol. The van der Waals surface area contributed by atoms with E-state index in [-0.39, 0.29) is 0 Å². The van der Waals surface area contributed by atoms with Crippen molar-refractivity contribution in [2.75, 3.05) is 6.61 Å². The summed E-state index contributed by atoms with van der Waals surface area (Å²) in [6.45, 7) is 2.27. The third kappa shape index (κ3) is 2.24. The van der Waals surface area contributed by atoms with Gasteiger partial charge in [0.15, 0.2) is 11.4 Å². The Labute approximate surface area is 81.7 Å². The highest BCUT2D eigenvalue weighted by atomic mass is 16.3. The van der Waals surface area contributed by atoms with Crippen LogP contribution < -0.4 is 0 Å². The highest BCUT2D eigenvalue weighted by Crippen LogP contribution is 2.20. The van der Waals surface area contributed by atoms with Crippen LogP contribution in [0.2, 0.25) is 0 Å². The Kier molecular flexibility index (Phi) is 4.09. The largest absolute Gasteiger partial charge is 0.393 e. The summed E-state index contributed by atoms with van der Waals surface area (Å²) in [6, 6.07) is 0. The number of carbonyl (C=O) groups excluding carboxylic acids is 3. The topological polar surface area (TPSA) is 91.7 Å². The summed E-state index contributed by atoms with van der Waals surface area (Å²) < 4.78 is 0. The van der Waals surface area contributed by atoms with Crippen LogP contribution in [0.5, 0.6) is 0 Å². The van der Waals surface area contributed by atoms with Crippen molar-refractivity contribution in [2.45, 2.75) is 26.4 Å². The van der Waals surface area contributed by atoms with Gasteiger partial charge in [0.2, 0.25) is 0 Å². The number of rotatable bonds is 5. The second-order valence-corrected chi connectivity index (χ2v) is 3.29. The van der Waals surface area contributed by atoms with Crippen molar-refractivity contribution in [3.8, 4) is 0 Å². The van der Waals surface area contributed by atoms with Crippen molar-refractivity contribution in [2.24, 2.45) is 5.92 Å². The predicted octanol–water partition coefficient (Wildman–Crippen LogP) is -0.907. The highest BCUT2D eigenvalue weighted by molar-refractivity contribution is 6.07. The third-order valence-corrected chi connectivity index (χ3v) is 2.14. The van der Waals surface area contributed by atoms with Crippen LogP contribution in [0.1, 0.15) is 20.8 Å². The van der Waals surface area contributed by atoms with Crippen molar-refractivity contribution in [3.63, 3.8) is 0 Å². The van der Waals surface area contributed by atoms with E-state index in [0.717, 1.165) is 20.8 Å². The quantitative estimate of drug-likeness (QED) is 0.563. The van der Waals surface area contributed by atoms with Gasteiger partial charge in [-0.2, -0.15) is 0 Å². The van der Waals surface area contributed by atoms with Gasteiger partial charge >= 0.3 is 0 Å². The lowest BCUT2D eigenvalue weighted by Crippen LogP contribution is -2.53. The molecule has 1 atom stereocenters. The monoisotopic (exact) mass is 202 g/mol. The SMILES string of the molecule is CC(=O)C(C(C)=O)C(O)(CO)C(C)=O. The molecule has 0 aliphatic heterocycles. The minimum atomic E-state index is -2.28. The van der Waals surface area contributed by atoms with E-state index in [0.29, 0.717) is 0 Å². The van der Waals surface area contributed by atoms with Crippen LogP contribution in [0.15, 0.2) is 0 Å². The second-order valence-electron chi connectivity index (χ2n) is 3.29. The smallest absolute Gasteiger partial charge is 0.164 e. The molecular formula is C9H14O5. The molecule has 0 aromatic heterocycles. The molecule has 14 heavy (non-hydrogen) atoms. The molecule has 0 heterocycles. The Bertz CT molecular complexity index is 256. The van der Waals surface area contributed by atoms with Crippen LogP contribution in [0.25, 0.3) is 0 Å². The molecule has 0 radical (unpaired) electrons. The van der Waals surface area contributed by atoms with E-state index in [1.54, 1.807) is 0 Å². The first kappa shape index (κ1) is 12.9. The van der Waals surface area contributed by atoms with Gasteiger partial charge in [0, 0.05) is 0 Å². The fourth-order valence-corrected chi connectivity index (χ4v) is 1.36. The zero-order valence-corrected chi connectivity index (χ0v) is 8.40. The Hall–Kier alpha value is -1.07. The summed E-state index contributed by atoms with van der Waals surface area (Å²) in [7, 11) is 0. The Morgan fingerprint density at radius 3 is 1.57 bits per heavy atom. The molecule has 0 saturated carbocycles. The first-order valence-corrected chi connectivity index (χ1v) is 4.12. The molecule has 0 amide bonds. The lowest BCUT2D eigenvalue weighted by Gasteiger charge is -2.28. The first-order chi connectivity index (χ1) is 6.27. The summed E-state index contributed by atoms with van der Waals surface area (Å²) in [5, 5.41) is 18.5. The van der Waals surface area contributed by atoms with Gasteiger partial charge in [-0.1, -0.05) is 0 Å². The van der Waals surface area contributed by atoms with Gasteiger partial charge in [-0.15, -0.1) is 0 Å². The average Bonchev–Trinajstić information content (AvgIpc) is 2.02. The van der Waals surface area contributed by atoms with E-state index in [9.17, 15) is 19.5 Å². The van der Waals surface area contributed by atoms with Crippen molar-refractivity contribution < 1.29 is 24.6 Å². The molecule has 0 aromatic rings. The second kappa shape index (κ2) is 4.43. The summed E-state index contributed by atoms with van der Waals surface area (Å²) in [5.74, 6) is -3.55. The molecule has 0 spiro atoms. The normalized spacial score (nSPS) is 15.0. The van der Waals surface area contributed by atoms with E-state index >= 15 is 0 Å². The summed E-state index contributed by atoms with van der Waals surface area (Å²) in [4.78, 5) is 33.1. The van der Waals surface area contributed by atoms with Gasteiger partial charge in [0.25, 0.3) is 0 Å². The van der Waals surface area contributed by atoms with Gasteiger partial charge in [-0.3, -0.25) is 14.4 Å². The number of aliphatic hydroxyl groups is 2. The zero-order chi connectivity index (χ0) is 11.5. The summed E-state index contributed by atoms with van der Waals surface area (Å²) in [5.41, 5.74) is -2.28. The number of hydrogen-bond donors (Lipinski definition) is 2. The molecule has 2 N–H and O–H groups in total. The van der Waals surface area contributed by atoms with Crippen LogP contribution in [-0.2, 0) is 14.4 Å². The van der Waals surface area contributed by atoms with E-state index < -0.39 is 35.5 Å². The molecule has 0 rings (SSSR count). The van der Waals surface area contributed by atoms with Gasteiger partial charge in [-0.05, 0) is 20.8 Å². The molecule has 1 unspecified atom stereocenters. The first-order valence-electron chi connectivity index (χ1n) is 4.12. The minimum absolute atomic E-state index is 0.635. The molecule has 5 heteroatoms. The average molecular weight is 202 g/mol. The Morgan fingerprint density at radius 2 is 1.50 bits per heavy atom. The lowest BCUT2D eigenvalue weighted by atomic mass is 9.80. The predicted molar refractivity (Wildman–Crippen MR) is 47.6 cm³/mol. The van der Waals surface area contributed by atoms with Gasteiger partial charge in [0.1, 0.15) is 17.5 Å². The summed E-state index contributed by atoms with van der Waals surface area (Å²) >= 11 is 0. The van der Waals surface area contributed by atoms with Gasteiger partial charge in [-0.25, -0.2) is 0 Å². The lowest BCUT2D eigenvalue weighted by molar-refractivity contribution is -0.159. The fourth-order valence-electron chi connectivity index (χ4n) is 1.36. The van der Waals surface area contributed by atoms with Crippen LogP contribution in [0, 0.1) is 5.92 Å². The number of ketones is 3. The standard InChI is InChI=1S/C9H14O5/c1-5(11)8(6(2)12)9(14,4-10)7(3)13/h8,10,14H,4H2,1-3H3. The molecule has 80 valence electrons. The fraction of sp³-hybridized carbons (Fsp3) is 0.667. The molecule has 0 aliphatic rings. The Morgan fingerprint density at radius 1 is 1.14 bits per heavy atom. The number of hydrogen-bond acceptors (Lipinski definition) is 5.